The monoisotopic (exact) mass is 223 g/mol. The number of aromatic nitrogens is 1. The maximum absolute atomic E-state index is 11.4. The van der Waals surface area contributed by atoms with Crippen molar-refractivity contribution < 1.29 is 14.7 Å². The van der Waals surface area contributed by atoms with E-state index < -0.39 is 18.0 Å². The zero-order valence-corrected chi connectivity index (χ0v) is 8.80. The first-order valence-corrected chi connectivity index (χ1v) is 4.83. The van der Waals surface area contributed by atoms with Crippen LogP contribution in [0.2, 0.25) is 0 Å². The first kappa shape index (κ1) is 12.0. The molecular formula is C10H13N3O3. The van der Waals surface area contributed by atoms with Crippen molar-refractivity contribution in [1.29, 1.82) is 0 Å². The first-order valence-electron chi connectivity index (χ1n) is 4.83. The Kier molecular flexibility index (Phi) is 4.26. The van der Waals surface area contributed by atoms with Gasteiger partial charge < -0.3 is 15.7 Å². The third-order valence-electron chi connectivity index (χ3n) is 1.93. The largest absolute Gasteiger partial charge is 0.480 e. The Morgan fingerprint density at radius 1 is 1.56 bits per heavy atom. The predicted molar refractivity (Wildman–Crippen MR) is 58.1 cm³/mol. The van der Waals surface area contributed by atoms with Crippen LogP contribution >= 0.6 is 0 Å². The molecule has 1 aromatic rings. The van der Waals surface area contributed by atoms with Crippen LogP contribution in [-0.2, 0) is 4.79 Å². The quantitative estimate of drug-likeness (QED) is 0.711. The highest BCUT2D eigenvalue weighted by Crippen LogP contribution is 2.02. The van der Waals surface area contributed by atoms with E-state index in [0.29, 0.717) is 12.1 Å². The first-order chi connectivity index (χ1) is 7.63. The molecule has 1 aromatic heterocycles. The molecule has 0 aliphatic heterocycles. The lowest BCUT2D eigenvalue weighted by Crippen LogP contribution is -2.42. The normalized spacial score (nSPS) is 11.6. The standard InChI is InChI=1S/C10H13N3O3/c1-2-8(9(14)15)13-10(16)12-7-4-3-5-11-6-7/h3-6,8H,2H2,1H3,(H,14,15)(H2,12,13,16)/t8-/m0/s1. The van der Waals surface area contributed by atoms with Gasteiger partial charge in [-0.25, -0.2) is 9.59 Å². The van der Waals surface area contributed by atoms with Crippen LogP contribution < -0.4 is 10.6 Å². The fourth-order valence-electron chi connectivity index (χ4n) is 1.10. The van der Waals surface area contributed by atoms with Gasteiger partial charge in [0.05, 0.1) is 11.9 Å². The van der Waals surface area contributed by atoms with E-state index >= 15 is 0 Å². The molecule has 0 saturated carbocycles. The zero-order chi connectivity index (χ0) is 12.0. The fourth-order valence-corrected chi connectivity index (χ4v) is 1.10. The highest BCUT2D eigenvalue weighted by molar-refractivity contribution is 5.91. The molecule has 86 valence electrons. The van der Waals surface area contributed by atoms with E-state index in [9.17, 15) is 9.59 Å². The van der Waals surface area contributed by atoms with E-state index in [-0.39, 0.29) is 0 Å². The van der Waals surface area contributed by atoms with Gasteiger partial charge in [-0.05, 0) is 18.6 Å². The van der Waals surface area contributed by atoms with Gasteiger partial charge >= 0.3 is 12.0 Å². The molecule has 1 atom stereocenters. The molecule has 1 heterocycles. The predicted octanol–water partition coefficient (Wildman–Crippen LogP) is 1.07. The number of amides is 2. The minimum Gasteiger partial charge on any atom is -0.480 e. The van der Waals surface area contributed by atoms with E-state index in [1.807, 2.05) is 0 Å². The fraction of sp³-hybridized carbons (Fsp3) is 0.300. The molecule has 0 aliphatic rings. The van der Waals surface area contributed by atoms with Crippen molar-refractivity contribution in [2.45, 2.75) is 19.4 Å². The third-order valence-corrected chi connectivity index (χ3v) is 1.93. The van der Waals surface area contributed by atoms with Gasteiger partial charge in [-0.2, -0.15) is 0 Å². The molecular weight excluding hydrogens is 210 g/mol. The van der Waals surface area contributed by atoms with Crippen molar-refractivity contribution in [1.82, 2.24) is 10.3 Å². The SMILES string of the molecule is CC[C@H](NC(=O)Nc1cccnc1)C(=O)O. The number of pyridine rings is 1. The molecule has 6 nitrogen and oxygen atoms in total. The Morgan fingerprint density at radius 2 is 2.31 bits per heavy atom. The second-order valence-electron chi connectivity index (χ2n) is 3.14. The molecule has 3 N–H and O–H groups in total. The summed E-state index contributed by atoms with van der Waals surface area (Å²) in [7, 11) is 0. The minimum absolute atomic E-state index is 0.329. The van der Waals surface area contributed by atoms with Crippen LogP contribution in [0.25, 0.3) is 0 Å². The summed E-state index contributed by atoms with van der Waals surface area (Å²) in [5, 5.41) is 13.6. The van der Waals surface area contributed by atoms with Crippen LogP contribution in [0.3, 0.4) is 0 Å². The molecule has 0 bridgehead atoms. The van der Waals surface area contributed by atoms with Crippen molar-refractivity contribution >= 4 is 17.7 Å². The summed E-state index contributed by atoms with van der Waals surface area (Å²) in [6.07, 6.45) is 3.38. The Balaban J connectivity index is 2.50. The molecule has 0 saturated heterocycles. The van der Waals surface area contributed by atoms with Gasteiger partial charge in [0.15, 0.2) is 0 Å². The lowest BCUT2D eigenvalue weighted by atomic mass is 10.2. The van der Waals surface area contributed by atoms with Crippen molar-refractivity contribution in [2.75, 3.05) is 5.32 Å². The minimum atomic E-state index is -1.05. The second-order valence-corrected chi connectivity index (χ2v) is 3.14. The highest BCUT2D eigenvalue weighted by Gasteiger charge is 2.17. The number of nitrogens with zero attached hydrogens (tertiary/aromatic N) is 1. The zero-order valence-electron chi connectivity index (χ0n) is 8.80. The lowest BCUT2D eigenvalue weighted by molar-refractivity contribution is -0.139. The Labute approximate surface area is 92.7 Å². The lowest BCUT2D eigenvalue weighted by Gasteiger charge is -2.12. The van der Waals surface area contributed by atoms with E-state index in [4.69, 9.17) is 5.11 Å². The van der Waals surface area contributed by atoms with Crippen LogP contribution in [0.15, 0.2) is 24.5 Å². The number of anilines is 1. The van der Waals surface area contributed by atoms with Crippen molar-refractivity contribution in [3.63, 3.8) is 0 Å². The summed E-state index contributed by atoms with van der Waals surface area (Å²) in [5.74, 6) is -1.05. The molecule has 2 amide bonds. The molecule has 0 fully saturated rings. The van der Waals surface area contributed by atoms with Gasteiger partial charge in [0, 0.05) is 6.20 Å². The molecule has 16 heavy (non-hydrogen) atoms. The van der Waals surface area contributed by atoms with Crippen molar-refractivity contribution in [2.24, 2.45) is 0 Å². The van der Waals surface area contributed by atoms with Crippen LogP contribution in [0.4, 0.5) is 10.5 Å². The molecule has 1 rings (SSSR count). The summed E-state index contributed by atoms with van der Waals surface area (Å²) in [6, 6.07) is 1.90. The molecule has 0 spiro atoms. The van der Waals surface area contributed by atoms with Gasteiger partial charge in [0.2, 0.25) is 0 Å². The van der Waals surface area contributed by atoms with E-state index in [1.54, 1.807) is 25.3 Å². The Hall–Kier alpha value is -2.11. The van der Waals surface area contributed by atoms with Gasteiger partial charge in [0.25, 0.3) is 0 Å². The number of carbonyl (C=O) groups excluding carboxylic acids is 1. The van der Waals surface area contributed by atoms with Crippen LogP contribution in [0, 0.1) is 0 Å². The van der Waals surface area contributed by atoms with Crippen LogP contribution in [0.5, 0.6) is 0 Å². The van der Waals surface area contributed by atoms with E-state index in [0.717, 1.165) is 0 Å². The summed E-state index contributed by atoms with van der Waals surface area (Å²) < 4.78 is 0. The molecule has 6 heteroatoms. The number of carboxylic acids is 1. The van der Waals surface area contributed by atoms with Crippen LogP contribution in [-0.4, -0.2) is 28.1 Å². The summed E-state index contributed by atoms with van der Waals surface area (Å²) in [4.78, 5) is 25.8. The summed E-state index contributed by atoms with van der Waals surface area (Å²) in [6.45, 7) is 1.68. The number of aliphatic carboxylic acids is 1. The molecule has 0 unspecified atom stereocenters. The number of nitrogens with one attached hydrogen (secondary N) is 2. The average Bonchev–Trinajstić information content (AvgIpc) is 2.27. The number of urea groups is 1. The van der Waals surface area contributed by atoms with Crippen molar-refractivity contribution in [3.05, 3.63) is 24.5 Å². The third kappa shape index (κ3) is 3.56. The Bertz CT molecular complexity index is 367. The smallest absolute Gasteiger partial charge is 0.326 e. The van der Waals surface area contributed by atoms with Gasteiger partial charge in [-0.1, -0.05) is 6.92 Å². The maximum Gasteiger partial charge on any atom is 0.326 e. The number of hydrogen-bond acceptors (Lipinski definition) is 3. The number of carbonyl (C=O) groups is 2. The molecule has 0 aliphatic carbocycles. The van der Waals surface area contributed by atoms with Crippen LogP contribution in [0.1, 0.15) is 13.3 Å². The van der Waals surface area contributed by atoms with E-state index in [2.05, 4.69) is 15.6 Å². The Morgan fingerprint density at radius 3 is 2.81 bits per heavy atom. The maximum atomic E-state index is 11.4. The molecule has 0 aromatic carbocycles. The van der Waals surface area contributed by atoms with E-state index in [1.165, 1.54) is 6.20 Å². The summed E-state index contributed by atoms with van der Waals surface area (Å²) >= 11 is 0. The molecule has 0 radical (unpaired) electrons. The highest BCUT2D eigenvalue weighted by atomic mass is 16.4. The number of rotatable bonds is 4. The van der Waals surface area contributed by atoms with Gasteiger partial charge in [-0.3, -0.25) is 4.98 Å². The number of carboxylic acid groups (broad SMARTS) is 1. The topological polar surface area (TPSA) is 91.3 Å². The van der Waals surface area contributed by atoms with Gasteiger partial charge in [0.1, 0.15) is 6.04 Å². The van der Waals surface area contributed by atoms with Gasteiger partial charge in [-0.15, -0.1) is 0 Å². The summed E-state index contributed by atoms with van der Waals surface area (Å²) in [5.41, 5.74) is 0.514. The van der Waals surface area contributed by atoms with Crippen molar-refractivity contribution in [3.8, 4) is 0 Å². The number of hydrogen-bond donors (Lipinski definition) is 3. The second kappa shape index (κ2) is 5.69. The average molecular weight is 223 g/mol.